The Morgan fingerprint density at radius 3 is 2.89 bits per heavy atom. The molecule has 98 valence electrons. The minimum absolute atomic E-state index is 0.0458. The summed E-state index contributed by atoms with van der Waals surface area (Å²) in [6.07, 6.45) is -0.348. The van der Waals surface area contributed by atoms with Crippen LogP contribution in [0.1, 0.15) is 5.56 Å². The summed E-state index contributed by atoms with van der Waals surface area (Å²) in [4.78, 5) is 13.8. The maximum absolute atomic E-state index is 11.5. The number of hydrogen-bond donors (Lipinski definition) is 1. The van der Waals surface area contributed by atoms with Crippen molar-refractivity contribution in [3.8, 4) is 0 Å². The maximum atomic E-state index is 11.5. The summed E-state index contributed by atoms with van der Waals surface area (Å²) >= 11 is 3.42. The van der Waals surface area contributed by atoms with Crippen LogP contribution in [-0.2, 0) is 16.1 Å². The lowest BCUT2D eigenvalue weighted by atomic mass is 10.2. The molecule has 1 atom stereocenters. The molecule has 1 saturated heterocycles. The van der Waals surface area contributed by atoms with E-state index >= 15 is 0 Å². The number of halogens is 1. The van der Waals surface area contributed by atoms with Gasteiger partial charge in [0.15, 0.2) is 0 Å². The molecule has 5 heteroatoms. The third-order valence-corrected chi connectivity index (χ3v) is 3.54. The number of benzene rings is 1. The van der Waals surface area contributed by atoms with E-state index in [4.69, 9.17) is 4.74 Å². The fraction of sp³-hybridized carbons (Fsp3) is 0.462. The third-order valence-electron chi connectivity index (χ3n) is 3.01. The quantitative estimate of drug-likeness (QED) is 0.917. The lowest BCUT2D eigenvalue weighted by Gasteiger charge is -2.31. The first-order valence-corrected chi connectivity index (χ1v) is 6.78. The van der Waals surface area contributed by atoms with Crippen molar-refractivity contribution < 1.29 is 9.53 Å². The van der Waals surface area contributed by atoms with E-state index in [9.17, 15) is 4.79 Å². The molecule has 0 radical (unpaired) electrons. The average molecular weight is 313 g/mol. The van der Waals surface area contributed by atoms with Crippen molar-refractivity contribution in [2.24, 2.45) is 0 Å². The maximum Gasteiger partial charge on any atom is 0.250 e. The van der Waals surface area contributed by atoms with Crippen molar-refractivity contribution in [2.45, 2.75) is 12.6 Å². The fourth-order valence-electron chi connectivity index (χ4n) is 2.01. The Balaban J connectivity index is 1.93. The smallest absolute Gasteiger partial charge is 0.250 e. The zero-order valence-electron chi connectivity index (χ0n) is 10.4. The molecular formula is C13H17BrN2O2. The van der Waals surface area contributed by atoms with Crippen LogP contribution < -0.4 is 5.32 Å². The molecule has 1 unspecified atom stereocenters. The van der Waals surface area contributed by atoms with Crippen LogP contribution in [0.4, 0.5) is 0 Å². The molecule has 1 aromatic rings. The van der Waals surface area contributed by atoms with Gasteiger partial charge in [0.1, 0.15) is 6.10 Å². The van der Waals surface area contributed by atoms with Crippen LogP contribution in [0.15, 0.2) is 28.7 Å². The van der Waals surface area contributed by atoms with Gasteiger partial charge in [-0.25, -0.2) is 0 Å². The molecule has 0 aromatic heterocycles. The highest BCUT2D eigenvalue weighted by atomic mass is 79.9. The Kier molecular flexibility index (Phi) is 4.74. The summed E-state index contributed by atoms with van der Waals surface area (Å²) in [5.74, 6) is -0.0458. The Morgan fingerprint density at radius 2 is 2.22 bits per heavy atom. The van der Waals surface area contributed by atoms with Crippen molar-refractivity contribution in [1.82, 2.24) is 10.2 Å². The van der Waals surface area contributed by atoms with Crippen LogP contribution in [0, 0.1) is 0 Å². The van der Waals surface area contributed by atoms with Crippen LogP contribution in [0.3, 0.4) is 0 Å². The molecule has 1 N–H and O–H groups in total. The zero-order valence-corrected chi connectivity index (χ0v) is 11.9. The number of likely N-dealkylation sites (N-methyl/N-ethyl adjacent to an activating group) is 1. The van der Waals surface area contributed by atoms with Gasteiger partial charge in [-0.1, -0.05) is 28.1 Å². The predicted octanol–water partition coefficient (Wildman–Crippen LogP) is 1.40. The molecule has 1 fully saturated rings. The predicted molar refractivity (Wildman–Crippen MR) is 73.2 cm³/mol. The van der Waals surface area contributed by atoms with E-state index < -0.39 is 0 Å². The molecular weight excluding hydrogens is 296 g/mol. The molecule has 0 aliphatic carbocycles. The minimum Gasteiger partial charge on any atom is -0.366 e. The molecule has 1 aliphatic heterocycles. The number of morpholine rings is 1. The van der Waals surface area contributed by atoms with Crippen molar-refractivity contribution in [3.63, 3.8) is 0 Å². The number of carbonyl (C=O) groups is 1. The number of nitrogens with zero attached hydrogens (tertiary/aromatic N) is 1. The molecule has 1 aliphatic rings. The van der Waals surface area contributed by atoms with Gasteiger partial charge in [0.2, 0.25) is 5.91 Å². The minimum atomic E-state index is -0.348. The molecule has 1 heterocycles. The largest absolute Gasteiger partial charge is 0.366 e. The van der Waals surface area contributed by atoms with E-state index in [-0.39, 0.29) is 12.0 Å². The van der Waals surface area contributed by atoms with E-state index in [1.807, 2.05) is 12.1 Å². The number of ether oxygens (including phenoxy) is 1. The number of hydrogen-bond acceptors (Lipinski definition) is 3. The first-order chi connectivity index (χ1) is 8.69. The lowest BCUT2D eigenvalue weighted by Crippen LogP contribution is -2.48. The summed E-state index contributed by atoms with van der Waals surface area (Å²) in [6, 6.07) is 8.25. The van der Waals surface area contributed by atoms with Crippen LogP contribution in [0.5, 0.6) is 0 Å². The van der Waals surface area contributed by atoms with Crippen LogP contribution in [-0.4, -0.2) is 43.7 Å². The number of carbonyl (C=O) groups excluding carboxylic acids is 1. The van der Waals surface area contributed by atoms with Gasteiger partial charge in [-0.3, -0.25) is 9.69 Å². The van der Waals surface area contributed by atoms with Crippen LogP contribution >= 0.6 is 15.9 Å². The summed E-state index contributed by atoms with van der Waals surface area (Å²) in [5.41, 5.74) is 1.25. The van der Waals surface area contributed by atoms with E-state index in [2.05, 4.69) is 38.3 Å². The van der Waals surface area contributed by atoms with E-state index in [0.717, 1.165) is 17.6 Å². The first-order valence-electron chi connectivity index (χ1n) is 5.99. The molecule has 2 rings (SSSR count). The number of rotatable bonds is 3. The topological polar surface area (TPSA) is 41.6 Å². The summed E-state index contributed by atoms with van der Waals surface area (Å²) in [5, 5.41) is 2.63. The van der Waals surface area contributed by atoms with E-state index in [1.54, 1.807) is 7.05 Å². The van der Waals surface area contributed by atoms with Crippen molar-refractivity contribution in [2.75, 3.05) is 26.7 Å². The van der Waals surface area contributed by atoms with Crippen LogP contribution in [0.2, 0.25) is 0 Å². The number of amides is 1. The highest BCUT2D eigenvalue weighted by Crippen LogP contribution is 2.14. The highest BCUT2D eigenvalue weighted by molar-refractivity contribution is 9.10. The normalized spacial score (nSPS) is 20.7. The monoisotopic (exact) mass is 312 g/mol. The SMILES string of the molecule is CNC(=O)C1CN(Cc2ccc(Br)cc2)CCO1. The molecule has 1 amide bonds. The standard InChI is InChI=1S/C13H17BrN2O2/c1-15-13(17)12-9-16(6-7-18-12)8-10-2-4-11(14)5-3-10/h2-5,12H,6-9H2,1H3,(H,15,17). The second-order valence-electron chi connectivity index (χ2n) is 4.34. The molecule has 4 nitrogen and oxygen atoms in total. The fourth-order valence-corrected chi connectivity index (χ4v) is 2.28. The van der Waals surface area contributed by atoms with E-state index in [1.165, 1.54) is 5.56 Å². The van der Waals surface area contributed by atoms with Gasteiger partial charge < -0.3 is 10.1 Å². The van der Waals surface area contributed by atoms with Gasteiger partial charge in [-0.15, -0.1) is 0 Å². The Hall–Kier alpha value is -0.910. The van der Waals surface area contributed by atoms with Gasteiger partial charge in [0.05, 0.1) is 6.61 Å². The second kappa shape index (κ2) is 6.31. The lowest BCUT2D eigenvalue weighted by molar-refractivity contribution is -0.138. The highest BCUT2D eigenvalue weighted by Gasteiger charge is 2.25. The van der Waals surface area contributed by atoms with Gasteiger partial charge in [-0.2, -0.15) is 0 Å². The average Bonchev–Trinajstić information content (AvgIpc) is 2.41. The Labute approximate surface area is 115 Å². The number of nitrogens with one attached hydrogen (secondary N) is 1. The van der Waals surface area contributed by atoms with Crippen LogP contribution in [0.25, 0.3) is 0 Å². The van der Waals surface area contributed by atoms with E-state index in [0.29, 0.717) is 13.2 Å². The molecule has 1 aromatic carbocycles. The summed E-state index contributed by atoms with van der Waals surface area (Å²) in [6.45, 7) is 2.97. The van der Waals surface area contributed by atoms with Crippen molar-refractivity contribution >= 4 is 21.8 Å². The third kappa shape index (κ3) is 3.54. The first kappa shape index (κ1) is 13.5. The molecule has 0 saturated carbocycles. The summed E-state index contributed by atoms with van der Waals surface area (Å²) in [7, 11) is 1.64. The summed E-state index contributed by atoms with van der Waals surface area (Å²) < 4.78 is 6.54. The van der Waals surface area contributed by atoms with Gasteiger partial charge >= 0.3 is 0 Å². The molecule has 18 heavy (non-hydrogen) atoms. The molecule has 0 spiro atoms. The van der Waals surface area contributed by atoms with Gasteiger partial charge in [-0.05, 0) is 17.7 Å². The van der Waals surface area contributed by atoms with Gasteiger partial charge in [0, 0.05) is 31.2 Å². The van der Waals surface area contributed by atoms with Crippen molar-refractivity contribution in [1.29, 1.82) is 0 Å². The Morgan fingerprint density at radius 1 is 1.50 bits per heavy atom. The van der Waals surface area contributed by atoms with Gasteiger partial charge in [0.25, 0.3) is 0 Å². The van der Waals surface area contributed by atoms with Crippen molar-refractivity contribution in [3.05, 3.63) is 34.3 Å². The Bertz CT molecular complexity index is 408. The second-order valence-corrected chi connectivity index (χ2v) is 5.25. The zero-order chi connectivity index (χ0) is 13.0. The molecule has 0 bridgehead atoms.